The molecule has 0 saturated carbocycles. The molecular weight excluding hydrogens is 376 g/mol. The summed E-state index contributed by atoms with van der Waals surface area (Å²) in [5, 5.41) is 13.7. The van der Waals surface area contributed by atoms with Crippen molar-refractivity contribution in [3.63, 3.8) is 0 Å². The summed E-state index contributed by atoms with van der Waals surface area (Å²) in [6.45, 7) is 2.03. The van der Waals surface area contributed by atoms with E-state index in [1.54, 1.807) is 0 Å². The first kappa shape index (κ1) is 16.2. The number of anilines is 1. The van der Waals surface area contributed by atoms with Gasteiger partial charge in [0.2, 0.25) is 5.91 Å². The topological polar surface area (TPSA) is 80.9 Å². The van der Waals surface area contributed by atoms with Crippen molar-refractivity contribution in [1.82, 2.24) is 15.2 Å². The van der Waals surface area contributed by atoms with E-state index in [-0.39, 0.29) is 11.7 Å². The van der Waals surface area contributed by atoms with Crippen molar-refractivity contribution in [2.75, 3.05) is 11.1 Å². The van der Waals surface area contributed by atoms with Crippen molar-refractivity contribution in [2.45, 2.75) is 12.1 Å². The monoisotopic (exact) mass is 388 g/mol. The minimum absolute atomic E-state index is 0.156. The van der Waals surface area contributed by atoms with Gasteiger partial charge in [0.25, 0.3) is 11.1 Å². The molecule has 0 radical (unpaired) electrons. The highest BCUT2D eigenvalue weighted by molar-refractivity contribution is 7.99. The molecule has 1 N–H and O–H groups in total. The lowest BCUT2D eigenvalue weighted by atomic mass is 10.2. The first-order chi connectivity index (χ1) is 12.2. The van der Waals surface area contributed by atoms with Gasteiger partial charge in [-0.05, 0) is 36.1 Å². The summed E-state index contributed by atoms with van der Waals surface area (Å²) in [6.07, 6.45) is 0. The Morgan fingerprint density at radius 3 is 3.08 bits per heavy atom. The molecule has 0 unspecified atom stereocenters. The van der Waals surface area contributed by atoms with Gasteiger partial charge in [0.05, 0.1) is 20.8 Å². The Labute approximate surface area is 155 Å². The van der Waals surface area contributed by atoms with Gasteiger partial charge in [0.15, 0.2) is 5.13 Å². The summed E-state index contributed by atoms with van der Waals surface area (Å²) in [6, 6.07) is 9.85. The summed E-state index contributed by atoms with van der Waals surface area (Å²) < 4.78 is 6.60. The number of amides is 1. The van der Waals surface area contributed by atoms with Crippen molar-refractivity contribution in [2.24, 2.45) is 0 Å². The lowest BCUT2D eigenvalue weighted by molar-refractivity contribution is -0.113. The van der Waals surface area contributed by atoms with Crippen LogP contribution in [0.15, 0.2) is 45.4 Å². The molecular formula is C16H12N4O2S3. The number of rotatable bonds is 5. The molecule has 0 aliphatic carbocycles. The molecule has 1 amide bonds. The third kappa shape index (κ3) is 3.73. The zero-order valence-electron chi connectivity index (χ0n) is 13.1. The van der Waals surface area contributed by atoms with Crippen molar-refractivity contribution >= 4 is 55.7 Å². The standard InChI is InChI=1S/C16H12N4O2S3/c1-9-4-5-10-12(7-9)25-15(17-10)18-13(21)8-24-16-20-19-14(22-16)11-3-2-6-23-11/h2-7H,8H2,1H3,(H,17,18,21). The Balaban J connectivity index is 1.37. The number of nitrogens with one attached hydrogen (secondary N) is 1. The number of thiazole rings is 1. The molecule has 0 spiro atoms. The van der Waals surface area contributed by atoms with E-state index in [1.807, 2.05) is 36.6 Å². The number of thioether (sulfide) groups is 1. The minimum atomic E-state index is -0.156. The maximum atomic E-state index is 12.1. The van der Waals surface area contributed by atoms with Crippen molar-refractivity contribution in [1.29, 1.82) is 0 Å². The molecule has 4 aromatic rings. The SMILES string of the molecule is Cc1ccc2nc(NC(=O)CSc3nnc(-c4cccs4)o3)sc2c1. The smallest absolute Gasteiger partial charge is 0.277 e. The van der Waals surface area contributed by atoms with Gasteiger partial charge in [0, 0.05) is 0 Å². The number of fused-ring (bicyclic) bond motifs is 1. The van der Waals surface area contributed by atoms with Crippen molar-refractivity contribution < 1.29 is 9.21 Å². The molecule has 1 aromatic carbocycles. The second-order valence-electron chi connectivity index (χ2n) is 5.18. The fourth-order valence-corrected chi connectivity index (χ4v) is 4.32. The van der Waals surface area contributed by atoms with E-state index >= 15 is 0 Å². The fraction of sp³-hybridized carbons (Fsp3) is 0.125. The number of hydrogen-bond acceptors (Lipinski definition) is 8. The minimum Gasteiger partial charge on any atom is -0.410 e. The van der Waals surface area contributed by atoms with Crippen LogP contribution in [-0.4, -0.2) is 26.8 Å². The van der Waals surface area contributed by atoms with Gasteiger partial charge in [-0.3, -0.25) is 4.79 Å². The maximum absolute atomic E-state index is 12.1. The average molecular weight is 388 g/mol. The number of aryl methyl sites for hydroxylation is 1. The Morgan fingerprint density at radius 1 is 1.32 bits per heavy atom. The maximum Gasteiger partial charge on any atom is 0.277 e. The Hall–Kier alpha value is -2.23. The average Bonchev–Trinajstić information content (AvgIpc) is 3.32. The van der Waals surface area contributed by atoms with Crippen LogP contribution in [-0.2, 0) is 4.79 Å². The first-order valence-electron chi connectivity index (χ1n) is 7.34. The lowest BCUT2D eigenvalue weighted by Crippen LogP contribution is -2.13. The molecule has 0 atom stereocenters. The van der Waals surface area contributed by atoms with E-state index < -0.39 is 0 Å². The molecule has 0 fully saturated rings. The number of benzene rings is 1. The van der Waals surface area contributed by atoms with Crippen LogP contribution in [0.3, 0.4) is 0 Å². The van der Waals surface area contributed by atoms with Crippen LogP contribution in [0, 0.1) is 6.92 Å². The van der Waals surface area contributed by atoms with Gasteiger partial charge < -0.3 is 9.73 Å². The quantitative estimate of drug-likeness (QED) is 0.509. The molecule has 4 rings (SSSR count). The summed E-state index contributed by atoms with van der Waals surface area (Å²) in [5.41, 5.74) is 2.05. The van der Waals surface area contributed by atoms with Gasteiger partial charge in [-0.2, -0.15) is 0 Å². The van der Waals surface area contributed by atoms with Gasteiger partial charge >= 0.3 is 0 Å². The largest absolute Gasteiger partial charge is 0.410 e. The van der Waals surface area contributed by atoms with E-state index in [4.69, 9.17) is 4.42 Å². The number of carbonyl (C=O) groups excluding carboxylic acids is 1. The number of thiophene rings is 1. The van der Waals surface area contributed by atoms with Crippen molar-refractivity contribution in [3.8, 4) is 10.8 Å². The van der Waals surface area contributed by atoms with Crippen LogP contribution in [0.5, 0.6) is 0 Å². The Morgan fingerprint density at radius 2 is 2.24 bits per heavy atom. The van der Waals surface area contributed by atoms with Crippen molar-refractivity contribution in [3.05, 3.63) is 41.3 Å². The first-order valence-corrected chi connectivity index (χ1v) is 10.0. The highest BCUT2D eigenvalue weighted by atomic mass is 32.2. The summed E-state index contributed by atoms with van der Waals surface area (Å²) >= 11 is 4.19. The predicted molar refractivity (Wildman–Crippen MR) is 101 cm³/mol. The molecule has 0 aliphatic rings. The number of nitrogens with zero attached hydrogens (tertiary/aromatic N) is 3. The lowest BCUT2D eigenvalue weighted by Gasteiger charge is -1.98. The van der Waals surface area contributed by atoms with Gasteiger partial charge in [-0.15, -0.1) is 21.5 Å². The van der Waals surface area contributed by atoms with Crippen LogP contribution in [0.25, 0.3) is 21.0 Å². The molecule has 9 heteroatoms. The fourth-order valence-electron chi connectivity index (χ4n) is 2.14. The van der Waals surface area contributed by atoms with Crippen LogP contribution < -0.4 is 5.32 Å². The molecule has 6 nitrogen and oxygen atoms in total. The molecule has 0 aliphatic heterocycles. The Bertz CT molecular complexity index is 1020. The van der Waals surface area contributed by atoms with Crippen LogP contribution in [0.2, 0.25) is 0 Å². The summed E-state index contributed by atoms with van der Waals surface area (Å²) in [5.74, 6) is 0.497. The van der Waals surface area contributed by atoms with Gasteiger partial charge in [-0.1, -0.05) is 35.2 Å². The summed E-state index contributed by atoms with van der Waals surface area (Å²) in [4.78, 5) is 17.4. The van der Waals surface area contributed by atoms with E-state index in [2.05, 4.69) is 26.6 Å². The number of hydrogen-bond donors (Lipinski definition) is 1. The third-order valence-corrected chi connectivity index (χ3v) is 5.87. The van der Waals surface area contributed by atoms with Crippen LogP contribution in [0.1, 0.15) is 5.56 Å². The second-order valence-corrected chi connectivity index (χ2v) is 8.08. The zero-order chi connectivity index (χ0) is 17.2. The molecule has 0 saturated heterocycles. The zero-order valence-corrected chi connectivity index (χ0v) is 15.5. The number of aromatic nitrogens is 3. The van der Waals surface area contributed by atoms with Gasteiger partial charge in [0.1, 0.15) is 0 Å². The third-order valence-electron chi connectivity index (χ3n) is 3.26. The Kier molecular flexibility index (Phi) is 4.51. The molecule has 0 bridgehead atoms. The van der Waals surface area contributed by atoms with E-state index in [1.165, 1.54) is 40.0 Å². The number of carbonyl (C=O) groups is 1. The second kappa shape index (κ2) is 6.95. The van der Waals surface area contributed by atoms with E-state index in [0.717, 1.165) is 15.1 Å². The predicted octanol–water partition coefficient (Wildman–Crippen LogP) is 4.45. The molecule has 3 heterocycles. The molecule has 3 aromatic heterocycles. The molecule has 126 valence electrons. The van der Waals surface area contributed by atoms with E-state index in [9.17, 15) is 4.79 Å². The van der Waals surface area contributed by atoms with Gasteiger partial charge in [-0.25, -0.2) is 4.98 Å². The summed E-state index contributed by atoms with van der Waals surface area (Å²) in [7, 11) is 0. The normalized spacial score (nSPS) is 11.1. The van der Waals surface area contributed by atoms with Crippen LogP contribution >= 0.6 is 34.4 Å². The highest BCUT2D eigenvalue weighted by Gasteiger charge is 2.13. The molecule has 25 heavy (non-hydrogen) atoms. The van der Waals surface area contributed by atoms with Crippen LogP contribution in [0.4, 0.5) is 5.13 Å². The highest BCUT2D eigenvalue weighted by Crippen LogP contribution is 2.28. The van der Waals surface area contributed by atoms with E-state index in [0.29, 0.717) is 16.2 Å².